The van der Waals surface area contributed by atoms with Gasteiger partial charge in [-0.15, -0.1) is 0 Å². The van der Waals surface area contributed by atoms with Crippen LogP contribution in [-0.4, -0.2) is 11.5 Å². The fourth-order valence-electron chi connectivity index (χ4n) is 3.79. The zero-order valence-electron chi connectivity index (χ0n) is 16.7. The van der Waals surface area contributed by atoms with Crippen molar-refractivity contribution in [3.63, 3.8) is 0 Å². The summed E-state index contributed by atoms with van der Waals surface area (Å²) in [7, 11) is 0. The molecule has 25 heavy (non-hydrogen) atoms. The van der Waals surface area contributed by atoms with Crippen LogP contribution >= 0.6 is 12.0 Å². The van der Waals surface area contributed by atoms with Crippen molar-refractivity contribution in [1.29, 1.82) is 0 Å². The molecular formula is C22H36O2S. The van der Waals surface area contributed by atoms with E-state index in [9.17, 15) is 0 Å². The summed E-state index contributed by atoms with van der Waals surface area (Å²) < 4.78 is 11.8. The molecule has 142 valence electrons. The number of ether oxygens (including phenoxy) is 1. The summed E-state index contributed by atoms with van der Waals surface area (Å²) in [5.41, 5.74) is 1.73. The van der Waals surface area contributed by atoms with Gasteiger partial charge in [-0.05, 0) is 67.3 Å². The normalized spacial score (nSPS) is 18.8. The highest BCUT2D eigenvalue weighted by Gasteiger charge is 2.27. The van der Waals surface area contributed by atoms with Gasteiger partial charge >= 0.3 is 0 Å². The molecule has 0 bridgehead atoms. The molecule has 2 nitrogen and oxygen atoms in total. The van der Waals surface area contributed by atoms with Crippen LogP contribution in [0.15, 0.2) is 24.3 Å². The molecule has 0 N–H and O–H groups in total. The lowest BCUT2D eigenvalue weighted by Crippen LogP contribution is -2.21. The highest BCUT2D eigenvalue weighted by Crippen LogP contribution is 2.41. The van der Waals surface area contributed by atoms with Crippen LogP contribution in [0.2, 0.25) is 0 Å². The maximum absolute atomic E-state index is 5.94. The molecule has 0 aliphatic heterocycles. The molecule has 1 aliphatic carbocycles. The van der Waals surface area contributed by atoms with Crippen molar-refractivity contribution in [2.75, 3.05) is 0 Å². The first kappa shape index (κ1) is 20.6. The van der Waals surface area contributed by atoms with Gasteiger partial charge in [-0.1, -0.05) is 65.5 Å². The zero-order chi connectivity index (χ0) is 18.3. The minimum atomic E-state index is -0.216. The van der Waals surface area contributed by atoms with E-state index >= 15 is 0 Å². The lowest BCUT2D eigenvalue weighted by molar-refractivity contribution is 0.0394. The second kappa shape index (κ2) is 9.87. The van der Waals surface area contributed by atoms with E-state index in [-0.39, 0.29) is 6.29 Å². The van der Waals surface area contributed by atoms with Crippen LogP contribution in [0.3, 0.4) is 0 Å². The largest absolute Gasteiger partial charge is 0.464 e. The van der Waals surface area contributed by atoms with Gasteiger partial charge in [0, 0.05) is 5.25 Å². The molecule has 2 atom stereocenters. The molecule has 0 aromatic heterocycles. The van der Waals surface area contributed by atoms with Crippen LogP contribution in [0.4, 0.5) is 0 Å². The van der Waals surface area contributed by atoms with Crippen LogP contribution in [0, 0.1) is 5.41 Å². The van der Waals surface area contributed by atoms with E-state index in [1.54, 1.807) is 12.0 Å². The molecule has 0 radical (unpaired) electrons. The van der Waals surface area contributed by atoms with Crippen LogP contribution in [0.1, 0.15) is 91.0 Å². The second-order valence-corrected chi connectivity index (χ2v) is 9.06. The number of hydrogen-bond donors (Lipinski definition) is 0. The van der Waals surface area contributed by atoms with E-state index < -0.39 is 0 Å². The Morgan fingerprint density at radius 2 is 1.72 bits per heavy atom. The Bertz CT molecular complexity index is 491. The summed E-state index contributed by atoms with van der Waals surface area (Å²) in [4.78, 5) is 0. The predicted octanol–water partition coefficient (Wildman–Crippen LogP) is 7.34. The zero-order valence-corrected chi connectivity index (χ0v) is 17.5. The Kier molecular flexibility index (Phi) is 8.15. The lowest BCUT2D eigenvalue weighted by Gasteiger charge is -2.33. The summed E-state index contributed by atoms with van der Waals surface area (Å²) in [5, 5.41) is 0.642. The number of hydrogen-bond acceptors (Lipinski definition) is 3. The standard InChI is InChI=1S/C22H36O2S/c1-6-21(22(4,5)7-2)18-13-15-19(16-14-18)23-17(3)24-25-20-11-9-8-10-12-20/h13-17,20-21H,6-12H2,1-5H3. The van der Waals surface area contributed by atoms with Gasteiger partial charge < -0.3 is 4.74 Å². The third-order valence-corrected chi connectivity index (χ3v) is 6.85. The fourth-order valence-corrected chi connectivity index (χ4v) is 4.67. The van der Waals surface area contributed by atoms with Crippen molar-refractivity contribution >= 4 is 12.0 Å². The van der Waals surface area contributed by atoms with Crippen LogP contribution < -0.4 is 4.74 Å². The van der Waals surface area contributed by atoms with Gasteiger partial charge in [0.05, 0.1) is 0 Å². The van der Waals surface area contributed by atoms with Crippen molar-refractivity contribution in [1.82, 2.24) is 0 Å². The fraction of sp³-hybridized carbons (Fsp3) is 0.727. The summed E-state index contributed by atoms with van der Waals surface area (Å²) in [6.07, 6.45) is 8.74. The average molecular weight is 365 g/mol. The molecule has 1 fully saturated rings. The van der Waals surface area contributed by atoms with Gasteiger partial charge in [-0.25, -0.2) is 0 Å². The van der Waals surface area contributed by atoms with Crippen molar-refractivity contribution in [2.24, 2.45) is 5.41 Å². The molecule has 0 saturated heterocycles. The predicted molar refractivity (Wildman–Crippen MR) is 109 cm³/mol. The maximum atomic E-state index is 5.94. The van der Waals surface area contributed by atoms with E-state index in [2.05, 4.69) is 52.0 Å². The Morgan fingerprint density at radius 1 is 1.08 bits per heavy atom. The van der Waals surface area contributed by atoms with Crippen molar-refractivity contribution in [2.45, 2.75) is 97.0 Å². The Morgan fingerprint density at radius 3 is 2.28 bits per heavy atom. The van der Waals surface area contributed by atoms with Crippen LogP contribution in [0.5, 0.6) is 5.75 Å². The first-order valence-electron chi connectivity index (χ1n) is 10.0. The summed E-state index contributed by atoms with van der Waals surface area (Å²) in [6, 6.07) is 8.63. The van der Waals surface area contributed by atoms with E-state index in [0.29, 0.717) is 16.6 Å². The molecule has 1 aromatic carbocycles. The van der Waals surface area contributed by atoms with Crippen molar-refractivity contribution in [3.05, 3.63) is 29.8 Å². The molecular weight excluding hydrogens is 328 g/mol. The monoisotopic (exact) mass is 364 g/mol. The highest BCUT2D eigenvalue weighted by atomic mass is 32.2. The van der Waals surface area contributed by atoms with Gasteiger partial charge in [0.25, 0.3) is 0 Å². The molecule has 1 aromatic rings. The molecule has 0 spiro atoms. The van der Waals surface area contributed by atoms with Crippen LogP contribution in [0.25, 0.3) is 0 Å². The van der Waals surface area contributed by atoms with Crippen molar-refractivity contribution in [3.8, 4) is 5.75 Å². The molecule has 0 amide bonds. The summed E-state index contributed by atoms with van der Waals surface area (Å²) in [6.45, 7) is 11.3. The molecule has 1 aliphatic rings. The summed E-state index contributed by atoms with van der Waals surface area (Å²) in [5.74, 6) is 1.48. The number of benzene rings is 1. The minimum absolute atomic E-state index is 0.216. The lowest BCUT2D eigenvalue weighted by atomic mass is 9.72. The highest BCUT2D eigenvalue weighted by molar-refractivity contribution is 7.95. The van der Waals surface area contributed by atoms with E-state index in [1.807, 2.05) is 6.92 Å². The number of rotatable bonds is 9. The first-order chi connectivity index (χ1) is 12.0. The van der Waals surface area contributed by atoms with Gasteiger partial charge in [-0.2, -0.15) is 0 Å². The molecule has 2 rings (SSSR count). The third kappa shape index (κ3) is 6.21. The van der Waals surface area contributed by atoms with Gasteiger partial charge in [0.1, 0.15) is 5.75 Å². The topological polar surface area (TPSA) is 18.5 Å². The van der Waals surface area contributed by atoms with E-state index in [0.717, 1.165) is 5.75 Å². The first-order valence-corrected chi connectivity index (χ1v) is 10.9. The Balaban J connectivity index is 1.86. The average Bonchev–Trinajstić information content (AvgIpc) is 2.63. The third-order valence-electron chi connectivity index (χ3n) is 5.73. The van der Waals surface area contributed by atoms with E-state index in [1.165, 1.54) is 50.5 Å². The maximum Gasteiger partial charge on any atom is 0.209 e. The molecule has 3 heteroatoms. The Labute approximate surface area is 159 Å². The molecule has 2 unspecified atom stereocenters. The van der Waals surface area contributed by atoms with Crippen LogP contribution in [-0.2, 0) is 4.18 Å². The Hall–Kier alpha value is -0.670. The van der Waals surface area contributed by atoms with Gasteiger partial charge in [0.2, 0.25) is 6.29 Å². The van der Waals surface area contributed by atoms with E-state index in [4.69, 9.17) is 8.92 Å². The van der Waals surface area contributed by atoms with Crippen molar-refractivity contribution < 1.29 is 8.92 Å². The van der Waals surface area contributed by atoms with Gasteiger partial charge in [-0.3, -0.25) is 4.18 Å². The SMILES string of the molecule is CCC(c1ccc(OC(C)OSC2CCCCC2)cc1)C(C)(C)CC. The quantitative estimate of drug-likeness (QED) is 0.337. The smallest absolute Gasteiger partial charge is 0.209 e. The molecule has 0 heterocycles. The van der Waals surface area contributed by atoms with Gasteiger partial charge in [0.15, 0.2) is 0 Å². The molecule has 1 saturated carbocycles. The summed E-state index contributed by atoms with van der Waals surface area (Å²) >= 11 is 1.62. The second-order valence-electron chi connectivity index (χ2n) is 8.01. The minimum Gasteiger partial charge on any atom is -0.464 e.